The Morgan fingerprint density at radius 1 is 1.12 bits per heavy atom. The molecule has 7 heteroatoms. The van der Waals surface area contributed by atoms with E-state index in [1.54, 1.807) is 17.0 Å². The van der Waals surface area contributed by atoms with Crippen LogP contribution in [-0.2, 0) is 20.8 Å². The van der Waals surface area contributed by atoms with Crippen molar-refractivity contribution in [3.8, 4) is 11.5 Å². The Hall–Kier alpha value is -3.35. The number of phenolic OH excluding ortho intramolecular Hbond substituents is 1. The average Bonchev–Trinajstić information content (AvgIpc) is 2.77. The summed E-state index contributed by atoms with van der Waals surface area (Å²) in [6, 6.07) is 3.53. The van der Waals surface area contributed by atoms with E-state index in [1.807, 2.05) is 13.0 Å². The summed E-state index contributed by atoms with van der Waals surface area (Å²) in [5.74, 6) is -1.38. The second-order valence-corrected chi connectivity index (χ2v) is 8.64. The topological polar surface area (TPSA) is 104 Å². The van der Waals surface area contributed by atoms with Crippen LogP contribution >= 0.6 is 0 Å². The first kappa shape index (κ1) is 22.8. The number of allylic oxidation sites excluding steroid dienone is 5. The summed E-state index contributed by atoms with van der Waals surface area (Å²) >= 11 is 0. The summed E-state index contributed by atoms with van der Waals surface area (Å²) in [7, 11) is 0. The zero-order valence-corrected chi connectivity index (χ0v) is 18.9. The number of benzene rings is 1. The molecule has 7 nitrogen and oxygen atoms in total. The number of aliphatic carboxylic acids is 1. The second kappa shape index (κ2) is 9.25. The van der Waals surface area contributed by atoms with Crippen molar-refractivity contribution >= 4 is 17.5 Å². The van der Waals surface area contributed by atoms with Gasteiger partial charge in [0, 0.05) is 46.9 Å². The highest BCUT2D eigenvalue weighted by Gasteiger charge is 2.44. The number of ether oxygens (including phenoxy) is 1. The predicted octanol–water partition coefficient (Wildman–Crippen LogP) is 4.02. The van der Waals surface area contributed by atoms with Gasteiger partial charge < -0.3 is 19.8 Å². The van der Waals surface area contributed by atoms with Crippen molar-refractivity contribution in [2.24, 2.45) is 0 Å². The molecule has 0 aromatic heterocycles. The van der Waals surface area contributed by atoms with E-state index < -0.39 is 11.9 Å². The summed E-state index contributed by atoms with van der Waals surface area (Å²) in [4.78, 5) is 39.9. The quantitative estimate of drug-likeness (QED) is 0.604. The van der Waals surface area contributed by atoms with Gasteiger partial charge in [-0.2, -0.15) is 0 Å². The van der Waals surface area contributed by atoms with E-state index in [0.717, 1.165) is 0 Å². The molecule has 0 amide bonds. The molecular formula is C26H29NO6. The maximum Gasteiger partial charge on any atom is 0.323 e. The molecule has 174 valence electrons. The van der Waals surface area contributed by atoms with Crippen molar-refractivity contribution in [1.29, 1.82) is 0 Å². The van der Waals surface area contributed by atoms with Crippen LogP contribution in [0.5, 0.6) is 11.5 Å². The molecule has 33 heavy (non-hydrogen) atoms. The van der Waals surface area contributed by atoms with Gasteiger partial charge in [-0.15, -0.1) is 6.58 Å². The number of nitrogens with zero attached hydrogens (tertiary/aromatic N) is 1. The van der Waals surface area contributed by atoms with Crippen LogP contribution < -0.4 is 4.74 Å². The van der Waals surface area contributed by atoms with Gasteiger partial charge in [0.2, 0.25) is 0 Å². The molecule has 2 N–H and O–H groups in total. The number of phenols is 1. The van der Waals surface area contributed by atoms with Crippen molar-refractivity contribution in [3.63, 3.8) is 0 Å². The highest BCUT2D eigenvalue weighted by molar-refractivity contribution is 6.06. The molecule has 1 aromatic carbocycles. The zero-order chi connectivity index (χ0) is 23.7. The zero-order valence-electron chi connectivity index (χ0n) is 18.9. The molecule has 0 saturated heterocycles. The Labute approximate surface area is 193 Å². The van der Waals surface area contributed by atoms with Crippen LogP contribution in [0.2, 0.25) is 0 Å². The predicted molar refractivity (Wildman–Crippen MR) is 122 cm³/mol. The van der Waals surface area contributed by atoms with Gasteiger partial charge >= 0.3 is 5.97 Å². The van der Waals surface area contributed by atoms with E-state index in [-0.39, 0.29) is 23.9 Å². The van der Waals surface area contributed by atoms with Gasteiger partial charge in [-0.25, -0.2) is 0 Å². The fourth-order valence-corrected chi connectivity index (χ4v) is 5.31. The highest BCUT2D eigenvalue weighted by Crippen LogP contribution is 2.50. The monoisotopic (exact) mass is 451 g/mol. The molecule has 2 aliphatic carbocycles. The van der Waals surface area contributed by atoms with Crippen molar-refractivity contribution < 1.29 is 29.3 Å². The van der Waals surface area contributed by atoms with Crippen LogP contribution in [0.1, 0.15) is 62.5 Å². The maximum atomic E-state index is 13.3. The Bertz CT molecular complexity index is 1050. The van der Waals surface area contributed by atoms with Gasteiger partial charge in [-0.1, -0.05) is 12.1 Å². The largest absolute Gasteiger partial charge is 0.504 e. The fraction of sp³-hybridized carbons (Fsp3) is 0.423. The molecule has 0 atom stereocenters. The Balaban J connectivity index is 1.98. The second-order valence-electron chi connectivity index (χ2n) is 8.64. The molecule has 1 heterocycles. The van der Waals surface area contributed by atoms with Crippen LogP contribution in [-0.4, -0.2) is 45.8 Å². The first-order valence-corrected chi connectivity index (χ1v) is 11.5. The molecule has 0 radical (unpaired) electrons. The first-order valence-electron chi connectivity index (χ1n) is 11.5. The minimum Gasteiger partial charge on any atom is -0.504 e. The minimum atomic E-state index is -1.00. The van der Waals surface area contributed by atoms with Gasteiger partial charge in [-0.05, 0) is 50.7 Å². The van der Waals surface area contributed by atoms with Crippen LogP contribution in [0, 0.1) is 0 Å². The van der Waals surface area contributed by atoms with Crippen LogP contribution in [0.4, 0.5) is 0 Å². The normalized spacial score (nSPS) is 18.9. The minimum absolute atomic E-state index is 0.0251. The van der Waals surface area contributed by atoms with Crippen LogP contribution in [0.3, 0.4) is 0 Å². The number of aromatic hydroxyl groups is 1. The maximum absolute atomic E-state index is 13.3. The van der Waals surface area contributed by atoms with E-state index in [0.29, 0.717) is 91.0 Å². The number of carboxylic acid groups (broad SMARTS) is 1. The number of ketones is 2. The number of carbonyl (C=O) groups excluding carboxylic acids is 2. The average molecular weight is 452 g/mol. The van der Waals surface area contributed by atoms with Crippen molar-refractivity contribution in [1.82, 2.24) is 4.90 Å². The summed E-state index contributed by atoms with van der Waals surface area (Å²) in [5.41, 5.74) is 3.75. The molecule has 0 fully saturated rings. The number of Topliss-reactive ketones (excluding diaryl/α,β-unsaturated/α-hetero) is 2. The third-order valence-corrected chi connectivity index (χ3v) is 6.55. The van der Waals surface area contributed by atoms with Crippen LogP contribution in [0.25, 0.3) is 0 Å². The Morgan fingerprint density at radius 3 is 2.24 bits per heavy atom. The summed E-state index contributed by atoms with van der Waals surface area (Å²) in [6.07, 6.45) is 5.29. The fourth-order valence-electron chi connectivity index (χ4n) is 5.31. The molecule has 4 rings (SSSR count). The highest BCUT2D eigenvalue weighted by atomic mass is 16.5. The van der Waals surface area contributed by atoms with Gasteiger partial charge in [0.25, 0.3) is 0 Å². The lowest BCUT2D eigenvalue weighted by Crippen LogP contribution is -2.41. The molecule has 0 spiro atoms. The Kier molecular flexibility index (Phi) is 6.40. The number of hydrogen-bond donors (Lipinski definition) is 2. The van der Waals surface area contributed by atoms with E-state index in [4.69, 9.17) is 4.74 Å². The Morgan fingerprint density at radius 2 is 1.73 bits per heavy atom. The molecule has 0 bridgehead atoms. The third kappa shape index (κ3) is 4.08. The molecular weight excluding hydrogens is 422 g/mol. The summed E-state index contributed by atoms with van der Waals surface area (Å²) < 4.78 is 5.68. The van der Waals surface area contributed by atoms with Crippen molar-refractivity contribution in [2.45, 2.75) is 57.8 Å². The van der Waals surface area contributed by atoms with Gasteiger partial charge in [0.15, 0.2) is 23.1 Å². The molecule has 3 aliphatic rings. The lowest BCUT2D eigenvalue weighted by molar-refractivity contribution is -0.138. The molecule has 0 saturated carbocycles. The van der Waals surface area contributed by atoms with Crippen LogP contribution in [0.15, 0.2) is 47.3 Å². The number of rotatable bonds is 7. The van der Waals surface area contributed by atoms with Crippen molar-refractivity contribution in [3.05, 3.63) is 58.5 Å². The lowest BCUT2D eigenvalue weighted by atomic mass is 9.70. The smallest absolute Gasteiger partial charge is 0.323 e. The molecule has 1 aromatic rings. The van der Waals surface area contributed by atoms with Crippen molar-refractivity contribution in [2.75, 3.05) is 13.2 Å². The molecule has 0 unspecified atom stereocenters. The van der Waals surface area contributed by atoms with Gasteiger partial charge in [-0.3, -0.25) is 14.4 Å². The molecule has 1 aliphatic heterocycles. The number of carboxylic acids is 1. The SMILES string of the molecule is C=CCc1cc(C2C3=C(CCCC3=O)N(CC(=O)O)C3=C2C(=O)CCC3)cc(OCC)c1O. The van der Waals surface area contributed by atoms with E-state index in [2.05, 4.69) is 6.58 Å². The van der Waals surface area contributed by atoms with E-state index >= 15 is 0 Å². The number of carbonyl (C=O) groups is 3. The lowest BCUT2D eigenvalue weighted by Gasteiger charge is -2.43. The first-order chi connectivity index (χ1) is 15.9. The summed E-state index contributed by atoms with van der Waals surface area (Å²) in [6.45, 7) is 5.66. The van der Waals surface area contributed by atoms with Gasteiger partial charge in [0.05, 0.1) is 6.61 Å². The third-order valence-electron chi connectivity index (χ3n) is 6.55. The standard InChI is InChI=1S/C26H29NO6/c1-3-7-15-12-16(13-21(26(15)32)33-4-2)23-24-17(8-5-10-19(24)28)27(14-22(30)31)18-9-6-11-20(29)25(18)23/h3,12-13,23,32H,1,4-11,14H2,2H3,(H,30,31). The number of hydrogen-bond acceptors (Lipinski definition) is 6. The van der Waals surface area contributed by atoms with E-state index in [1.165, 1.54) is 0 Å². The summed E-state index contributed by atoms with van der Waals surface area (Å²) in [5, 5.41) is 20.3. The van der Waals surface area contributed by atoms with E-state index in [9.17, 15) is 24.6 Å². The van der Waals surface area contributed by atoms with Gasteiger partial charge in [0.1, 0.15) is 6.54 Å².